The fourth-order valence-electron chi connectivity index (χ4n) is 1.96. The van der Waals surface area contributed by atoms with Crippen molar-refractivity contribution in [3.8, 4) is 11.8 Å². The lowest BCUT2D eigenvalue weighted by atomic mass is 10.2. The van der Waals surface area contributed by atoms with E-state index in [-0.39, 0.29) is 12.2 Å². The minimum Gasteiger partial charge on any atom is -0.478 e. The highest BCUT2D eigenvalue weighted by atomic mass is 16.5. The molecule has 0 spiro atoms. The third-order valence-corrected chi connectivity index (χ3v) is 2.73. The highest BCUT2D eigenvalue weighted by molar-refractivity contribution is 5.20. The van der Waals surface area contributed by atoms with Crippen LogP contribution in [0.3, 0.4) is 0 Å². The van der Waals surface area contributed by atoms with Gasteiger partial charge in [-0.05, 0) is 20.8 Å². The van der Waals surface area contributed by atoms with Gasteiger partial charge in [0, 0.05) is 13.1 Å². The Morgan fingerprint density at radius 3 is 2.74 bits per heavy atom. The molecule has 0 radical (unpaired) electrons. The summed E-state index contributed by atoms with van der Waals surface area (Å²) in [7, 11) is 0. The van der Waals surface area contributed by atoms with Crippen molar-refractivity contribution < 1.29 is 14.2 Å². The van der Waals surface area contributed by atoms with Gasteiger partial charge in [-0.25, -0.2) is 0 Å². The summed E-state index contributed by atoms with van der Waals surface area (Å²) in [4.78, 5) is 8.40. The first kappa shape index (κ1) is 14.0. The minimum absolute atomic E-state index is 0.0505. The molecule has 1 N–H and O–H groups in total. The monoisotopic (exact) mass is 267 g/mol. The van der Waals surface area contributed by atoms with E-state index in [1.54, 1.807) is 6.07 Å². The van der Waals surface area contributed by atoms with E-state index in [1.165, 1.54) is 0 Å². The smallest absolute Gasteiger partial charge is 0.220 e. The average molecular weight is 267 g/mol. The predicted molar refractivity (Wildman–Crippen MR) is 70.6 cm³/mol. The molecule has 6 nitrogen and oxygen atoms in total. The average Bonchev–Trinajstić information content (AvgIpc) is 2.36. The van der Waals surface area contributed by atoms with Crippen molar-refractivity contribution in [1.29, 1.82) is 0 Å². The zero-order valence-corrected chi connectivity index (χ0v) is 11.7. The lowest BCUT2D eigenvalue weighted by molar-refractivity contribution is -0.0477. The third kappa shape index (κ3) is 4.33. The van der Waals surface area contributed by atoms with Crippen LogP contribution in [0.5, 0.6) is 11.8 Å². The summed E-state index contributed by atoms with van der Waals surface area (Å²) < 4.78 is 16.8. The van der Waals surface area contributed by atoms with Crippen molar-refractivity contribution in [2.75, 3.05) is 26.3 Å². The van der Waals surface area contributed by atoms with E-state index in [0.717, 1.165) is 13.1 Å². The van der Waals surface area contributed by atoms with Gasteiger partial charge in [-0.15, -0.1) is 0 Å². The molecule has 2 rings (SSSR count). The van der Waals surface area contributed by atoms with Crippen LogP contribution in [0.25, 0.3) is 0 Å². The number of ether oxygens (including phenoxy) is 3. The fraction of sp³-hybridized carbons (Fsp3) is 0.692. The Labute approximate surface area is 113 Å². The quantitative estimate of drug-likeness (QED) is 0.856. The summed E-state index contributed by atoms with van der Waals surface area (Å²) >= 11 is 0. The predicted octanol–water partition coefficient (Wildman–Crippen LogP) is 0.939. The molecule has 1 aliphatic heterocycles. The number of morpholine rings is 1. The van der Waals surface area contributed by atoms with Crippen LogP contribution in [-0.2, 0) is 4.74 Å². The van der Waals surface area contributed by atoms with Crippen molar-refractivity contribution in [2.45, 2.75) is 33.0 Å². The van der Waals surface area contributed by atoms with Gasteiger partial charge >= 0.3 is 0 Å². The molecule has 6 heteroatoms. The second-order valence-electron chi connectivity index (χ2n) is 4.56. The summed E-state index contributed by atoms with van der Waals surface area (Å²) in [6.07, 6.45) is 0.267. The van der Waals surface area contributed by atoms with Gasteiger partial charge in [-0.3, -0.25) is 0 Å². The molecular formula is C13H21N3O3. The number of nitrogens with zero attached hydrogens (tertiary/aromatic N) is 2. The highest BCUT2D eigenvalue weighted by Gasteiger charge is 2.19. The number of hydrogen-bond acceptors (Lipinski definition) is 6. The van der Waals surface area contributed by atoms with Crippen LogP contribution in [0.15, 0.2) is 6.07 Å². The molecule has 1 fully saturated rings. The Morgan fingerprint density at radius 1 is 1.32 bits per heavy atom. The van der Waals surface area contributed by atoms with Crippen molar-refractivity contribution in [2.24, 2.45) is 0 Å². The molecule has 0 bridgehead atoms. The molecule has 1 aliphatic rings. The normalized spacial score (nSPS) is 23.1. The summed E-state index contributed by atoms with van der Waals surface area (Å²) in [5.41, 5.74) is 0. The first-order valence-corrected chi connectivity index (χ1v) is 6.65. The third-order valence-electron chi connectivity index (χ3n) is 2.73. The van der Waals surface area contributed by atoms with Crippen LogP contribution in [0.4, 0.5) is 0 Å². The zero-order valence-electron chi connectivity index (χ0n) is 11.7. The Kier molecular flexibility index (Phi) is 4.93. The lowest BCUT2D eigenvalue weighted by Gasteiger charge is -2.28. The summed E-state index contributed by atoms with van der Waals surface area (Å²) in [6, 6.07) is 1.70. The Bertz CT molecular complexity index is 414. The first-order valence-electron chi connectivity index (χ1n) is 6.65. The molecule has 2 atom stereocenters. The Morgan fingerprint density at radius 2 is 2.05 bits per heavy atom. The fourth-order valence-corrected chi connectivity index (χ4v) is 1.96. The summed E-state index contributed by atoms with van der Waals surface area (Å²) in [6.45, 7) is 8.50. The van der Waals surface area contributed by atoms with Gasteiger partial charge in [0.25, 0.3) is 0 Å². The highest BCUT2D eigenvalue weighted by Crippen LogP contribution is 2.16. The zero-order chi connectivity index (χ0) is 13.7. The lowest BCUT2D eigenvalue weighted by Crippen LogP contribution is -2.45. The molecule has 0 saturated carbocycles. The molecular weight excluding hydrogens is 246 g/mol. The van der Waals surface area contributed by atoms with Crippen LogP contribution in [0.1, 0.15) is 19.7 Å². The van der Waals surface area contributed by atoms with Gasteiger partial charge in [0.15, 0.2) is 0 Å². The minimum atomic E-state index is 0.0505. The number of aryl methyl sites for hydroxylation is 1. The maximum absolute atomic E-state index is 5.75. The second-order valence-corrected chi connectivity index (χ2v) is 4.56. The topological polar surface area (TPSA) is 65.5 Å². The van der Waals surface area contributed by atoms with Gasteiger partial charge in [0.2, 0.25) is 11.8 Å². The van der Waals surface area contributed by atoms with E-state index >= 15 is 0 Å². The second kappa shape index (κ2) is 6.68. The van der Waals surface area contributed by atoms with Crippen molar-refractivity contribution in [3.05, 3.63) is 11.9 Å². The van der Waals surface area contributed by atoms with E-state index < -0.39 is 0 Å². The van der Waals surface area contributed by atoms with Crippen molar-refractivity contribution >= 4 is 0 Å². The number of nitrogens with one attached hydrogen (secondary N) is 1. The molecule has 0 aliphatic carbocycles. The Balaban J connectivity index is 1.91. The van der Waals surface area contributed by atoms with Gasteiger partial charge in [-0.2, -0.15) is 9.97 Å². The van der Waals surface area contributed by atoms with Gasteiger partial charge in [0.1, 0.15) is 18.5 Å². The van der Waals surface area contributed by atoms with Gasteiger partial charge in [-0.1, -0.05) is 0 Å². The molecule has 1 saturated heterocycles. The molecule has 1 aromatic heterocycles. The van der Waals surface area contributed by atoms with Crippen LogP contribution in [0.2, 0.25) is 0 Å². The van der Waals surface area contributed by atoms with E-state index in [0.29, 0.717) is 30.8 Å². The molecule has 0 aromatic carbocycles. The number of aromatic nitrogens is 2. The summed E-state index contributed by atoms with van der Waals surface area (Å²) in [5.74, 6) is 1.70. The van der Waals surface area contributed by atoms with Crippen LogP contribution < -0.4 is 14.8 Å². The van der Waals surface area contributed by atoms with Gasteiger partial charge < -0.3 is 19.5 Å². The standard InChI is InChI=1S/C13H21N3O3/c1-4-17-12-5-13(16-10(3)15-12)18-8-11-7-14-6-9(2)19-11/h5,9,11,14H,4,6-8H2,1-3H3. The maximum atomic E-state index is 5.75. The molecule has 2 heterocycles. The SMILES string of the molecule is CCOc1cc(OCC2CNCC(C)O2)nc(C)n1. The van der Waals surface area contributed by atoms with Crippen molar-refractivity contribution in [3.63, 3.8) is 0 Å². The number of hydrogen-bond donors (Lipinski definition) is 1. The van der Waals surface area contributed by atoms with Crippen LogP contribution in [0, 0.1) is 6.92 Å². The van der Waals surface area contributed by atoms with Crippen molar-refractivity contribution in [1.82, 2.24) is 15.3 Å². The van der Waals surface area contributed by atoms with E-state index in [2.05, 4.69) is 15.3 Å². The number of rotatable bonds is 5. The van der Waals surface area contributed by atoms with Crippen LogP contribution in [-0.4, -0.2) is 48.5 Å². The van der Waals surface area contributed by atoms with Gasteiger partial charge in [0.05, 0.1) is 18.8 Å². The molecule has 2 unspecified atom stereocenters. The first-order chi connectivity index (χ1) is 9.17. The van der Waals surface area contributed by atoms with E-state index in [1.807, 2.05) is 20.8 Å². The molecule has 106 valence electrons. The molecule has 0 amide bonds. The molecule has 19 heavy (non-hydrogen) atoms. The van der Waals surface area contributed by atoms with E-state index in [9.17, 15) is 0 Å². The largest absolute Gasteiger partial charge is 0.478 e. The van der Waals surface area contributed by atoms with E-state index in [4.69, 9.17) is 14.2 Å². The molecule has 1 aromatic rings. The van der Waals surface area contributed by atoms with Crippen LogP contribution >= 0.6 is 0 Å². The summed E-state index contributed by atoms with van der Waals surface area (Å²) in [5, 5.41) is 3.30. The Hall–Kier alpha value is -1.40. The maximum Gasteiger partial charge on any atom is 0.220 e.